The largest absolute Gasteiger partial charge is 0.293 e. The molecule has 1 fully saturated rings. The highest BCUT2D eigenvalue weighted by Gasteiger charge is 2.14. The van der Waals surface area contributed by atoms with E-state index in [1.807, 2.05) is 12.1 Å². The van der Waals surface area contributed by atoms with E-state index in [1.165, 1.54) is 0 Å². The minimum atomic E-state index is 0.170. The summed E-state index contributed by atoms with van der Waals surface area (Å²) in [6.07, 6.45) is 4.55. The van der Waals surface area contributed by atoms with E-state index in [2.05, 4.69) is 10.5 Å². The molecule has 0 radical (unpaired) electrons. The Morgan fingerprint density at radius 1 is 1.06 bits per heavy atom. The summed E-state index contributed by atoms with van der Waals surface area (Å²) < 4.78 is 0. The maximum absolute atomic E-state index is 11.7. The van der Waals surface area contributed by atoms with Gasteiger partial charge in [-0.15, -0.1) is 0 Å². The minimum absolute atomic E-state index is 0.170. The van der Waals surface area contributed by atoms with Crippen molar-refractivity contribution in [3.05, 3.63) is 29.3 Å². The van der Waals surface area contributed by atoms with Gasteiger partial charge in [0.25, 0.3) is 0 Å². The van der Waals surface area contributed by atoms with Gasteiger partial charge in [0.2, 0.25) is 0 Å². The quantitative estimate of drug-likeness (QED) is 0.643. The summed E-state index contributed by atoms with van der Waals surface area (Å²) in [7, 11) is 0. The molecule has 1 aromatic rings. The van der Waals surface area contributed by atoms with Gasteiger partial charge < -0.3 is 0 Å². The fourth-order valence-corrected chi connectivity index (χ4v) is 1.94. The third-order valence-corrected chi connectivity index (χ3v) is 3.06. The Morgan fingerprint density at radius 2 is 1.76 bits per heavy atom. The van der Waals surface area contributed by atoms with E-state index in [9.17, 15) is 4.79 Å². The summed E-state index contributed by atoms with van der Waals surface area (Å²) in [5, 5.41) is 4.89. The molecule has 0 unspecified atom stereocenters. The number of nitrogens with one attached hydrogen (secondary N) is 1. The van der Waals surface area contributed by atoms with Crippen molar-refractivity contribution in [3.63, 3.8) is 0 Å². The molecule has 1 aromatic carbocycles. The van der Waals surface area contributed by atoms with Crippen molar-refractivity contribution in [1.29, 1.82) is 0 Å². The highest BCUT2D eigenvalue weighted by molar-refractivity contribution is 6.40. The number of carbonyl (C=O) groups is 1. The normalized spacial score (nSPS) is 19.1. The Labute approximate surface area is 106 Å². The number of anilines is 1. The second kappa shape index (κ2) is 5.82. The smallest absolute Gasteiger partial charge is 0.178 e. The van der Waals surface area contributed by atoms with E-state index >= 15 is 0 Å². The maximum Gasteiger partial charge on any atom is 0.178 e. The standard InChI is InChI=1S/C13H15ClN2O/c14-10-6-8-11(9-7-10)15-16-12-4-2-1-3-5-13(12)17/h6-9,15H,1-5H2/b16-12-. The summed E-state index contributed by atoms with van der Waals surface area (Å²) in [4.78, 5) is 11.7. The molecule has 90 valence electrons. The molecule has 1 aliphatic rings. The van der Waals surface area contributed by atoms with Crippen LogP contribution in [0.3, 0.4) is 0 Å². The molecule has 1 saturated carbocycles. The molecule has 0 spiro atoms. The summed E-state index contributed by atoms with van der Waals surface area (Å²) in [5.41, 5.74) is 4.42. The second-order valence-corrected chi connectivity index (χ2v) is 4.60. The van der Waals surface area contributed by atoms with Crippen molar-refractivity contribution in [1.82, 2.24) is 0 Å². The number of hydrogen-bond acceptors (Lipinski definition) is 3. The molecular weight excluding hydrogens is 236 g/mol. The van der Waals surface area contributed by atoms with E-state index in [1.54, 1.807) is 12.1 Å². The van der Waals surface area contributed by atoms with Gasteiger partial charge in [0.05, 0.1) is 5.69 Å². The fraction of sp³-hybridized carbons (Fsp3) is 0.385. The first-order valence-electron chi connectivity index (χ1n) is 5.87. The SMILES string of the molecule is O=C1CCCCC/C1=N/Nc1ccc(Cl)cc1. The van der Waals surface area contributed by atoms with Crippen LogP contribution in [0.1, 0.15) is 32.1 Å². The van der Waals surface area contributed by atoms with Crippen molar-refractivity contribution < 1.29 is 4.79 Å². The molecular formula is C13H15ClN2O. The molecule has 4 heteroatoms. The number of nitrogens with zero attached hydrogens (tertiary/aromatic N) is 1. The van der Waals surface area contributed by atoms with Crippen LogP contribution in [0.5, 0.6) is 0 Å². The predicted octanol–water partition coefficient (Wildman–Crippen LogP) is 3.64. The minimum Gasteiger partial charge on any atom is -0.293 e. The first-order valence-corrected chi connectivity index (χ1v) is 6.25. The third kappa shape index (κ3) is 3.56. The van der Waals surface area contributed by atoms with Crippen LogP contribution in [0.15, 0.2) is 29.4 Å². The molecule has 1 N–H and O–H groups in total. The zero-order valence-corrected chi connectivity index (χ0v) is 10.3. The summed E-state index contributed by atoms with van der Waals surface area (Å²) in [6, 6.07) is 7.26. The molecule has 0 saturated heterocycles. The molecule has 2 rings (SSSR count). The van der Waals surface area contributed by atoms with Crippen molar-refractivity contribution in [3.8, 4) is 0 Å². The number of carbonyl (C=O) groups excluding carboxylic acids is 1. The van der Waals surface area contributed by atoms with Crippen LogP contribution in [0.25, 0.3) is 0 Å². The van der Waals surface area contributed by atoms with Crippen LogP contribution in [0, 0.1) is 0 Å². The highest BCUT2D eigenvalue weighted by atomic mass is 35.5. The maximum atomic E-state index is 11.7. The van der Waals surface area contributed by atoms with Gasteiger partial charge in [-0.1, -0.05) is 18.0 Å². The lowest BCUT2D eigenvalue weighted by atomic mass is 10.1. The lowest BCUT2D eigenvalue weighted by Gasteiger charge is -2.03. The molecule has 0 aliphatic heterocycles. The van der Waals surface area contributed by atoms with E-state index in [4.69, 9.17) is 11.6 Å². The van der Waals surface area contributed by atoms with Gasteiger partial charge in [-0.2, -0.15) is 5.10 Å². The summed E-state index contributed by atoms with van der Waals surface area (Å²) in [5.74, 6) is 0.170. The van der Waals surface area contributed by atoms with Gasteiger partial charge in [-0.3, -0.25) is 10.2 Å². The number of rotatable bonds is 2. The van der Waals surface area contributed by atoms with Gasteiger partial charge >= 0.3 is 0 Å². The number of ketones is 1. The van der Waals surface area contributed by atoms with Crippen LogP contribution in [-0.4, -0.2) is 11.5 Å². The van der Waals surface area contributed by atoms with Crippen LogP contribution in [0.2, 0.25) is 5.02 Å². The van der Waals surface area contributed by atoms with Gasteiger partial charge in [0.15, 0.2) is 5.78 Å². The third-order valence-electron chi connectivity index (χ3n) is 2.80. The van der Waals surface area contributed by atoms with E-state index in [0.717, 1.165) is 31.4 Å². The predicted molar refractivity (Wildman–Crippen MR) is 70.6 cm³/mol. The Morgan fingerprint density at radius 3 is 2.53 bits per heavy atom. The molecule has 0 bridgehead atoms. The molecule has 0 amide bonds. The average Bonchev–Trinajstić information content (AvgIpc) is 2.54. The Kier molecular flexibility index (Phi) is 4.15. The fourth-order valence-electron chi connectivity index (χ4n) is 1.81. The van der Waals surface area contributed by atoms with Gasteiger partial charge in [-0.25, -0.2) is 0 Å². The van der Waals surface area contributed by atoms with Crippen molar-refractivity contribution in [2.24, 2.45) is 5.10 Å². The molecule has 1 aliphatic carbocycles. The zero-order valence-electron chi connectivity index (χ0n) is 9.58. The molecule has 3 nitrogen and oxygen atoms in total. The number of hydrogen-bond donors (Lipinski definition) is 1. The number of hydrazone groups is 1. The van der Waals surface area contributed by atoms with Gasteiger partial charge in [0.1, 0.15) is 5.71 Å². The van der Waals surface area contributed by atoms with Crippen LogP contribution < -0.4 is 5.43 Å². The highest BCUT2D eigenvalue weighted by Crippen LogP contribution is 2.15. The van der Waals surface area contributed by atoms with Crippen LogP contribution in [-0.2, 0) is 4.79 Å². The molecule has 17 heavy (non-hydrogen) atoms. The lowest BCUT2D eigenvalue weighted by molar-refractivity contribution is -0.113. The van der Waals surface area contributed by atoms with Crippen LogP contribution >= 0.6 is 11.6 Å². The van der Waals surface area contributed by atoms with E-state index in [-0.39, 0.29) is 5.78 Å². The van der Waals surface area contributed by atoms with Crippen molar-refractivity contribution in [2.45, 2.75) is 32.1 Å². The Hall–Kier alpha value is -1.35. The molecule has 0 heterocycles. The molecule has 0 aromatic heterocycles. The number of benzene rings is 1. The average molecular weight is 251 g/mol. The Balaban J connectivity index is 2.03. The van der Waals surface area contributed by atoms with Gasteiger partial charge in [0, 0.05) is 11.4 Å². The lowest BCUT2D eigenvalue weighted by Crippen LogP contribution is -2.13. The first kappa shape index (κ1) is 12.1. The topological polar surface area (TPSA) is 41.5 Å². The second-order valence-electron chi connectivity index (χ2n) is 4.16. The van der Waals surface area contributed by atoms with Crippen molar-refractivity contribution >= 4 is 28.8 Å². The molecule has 0 atom stereocenters. The number of halogens is 1. The van der Waals surface area contributed by atoms with E-state index < -0.39 is 0 Å². The summed E-state index contributed by atoms with van der Waals surface area (Å²) >= 11 is 5.79. The van der Waals surface area contributed by atoms with Crippen LogP contribution in [0.4, 0.5) is 5.69 Å². The monoisotopic (exact) mass is 250 g/mol. The zero-order chi connectivity index (χ0) is 12.1. The number of Topliss-reactive ketones (excluding diaryl/α,β-unsaturated/α-hetero) is 1. The first-order chi connectivity index (χ1) is 8.25. The van der Waals surface area contributed by atoms with E-state index in [0.29, 0.717) is 17.2 Å². The Bertz CT molecular complexity index is 426. The van der Waals surface area contributed by atoms with Crippen molar-refractivity contribution in [2.75, 3.05) is 5.43 Å². The van der Waals surface area contributed by atoms with Gasteiger partial charge in [-0.05, 0) is 43.5 Å². The summed E-state index contributed by atoms with van der Waals surface area (Å²) in [6.45, 7) is 0.